The highest BCUT2D eigenvalue weighted by molar-refractivity contribution is 5.98. The lowest BCUT2D eigenvalue weighted by atomic mass is 10.2. The Balaban J connectivity index is 2.67. The van der Waals surface area contributed by atoms with E-state index in [9.17, 15) is 9.59 Å². The minimum Gasteiger partial charge on any atom is -0.396 e. The van der Waals surface area contributed by atoms with Crippen molar-refractivity contribution in [2.45, 2.75) is 33.1 Å². The van der Waals surface area contributed by atoms with E-state index in [1.54, 1.807) is 0 Å². The molecule has 0 bridgehead atoms. The maximum Gasteiger partial charge on any atom is 0.272 e. The van der Waals surface area contributed by atoms with Gasteiger partial charge < -0.3 is 16.4 Å². The standard InChI is InChI=1S/C13H21N5O2/c1-4-5-15-10(19)7-17-13(20)11-9(14)6-16-12(18-11)8(2)3/h6,8H,4-5,7,14H2,1-3H3,(H,15,19)(H,17,20). The van der Waals surface area contributed by atoms with Crippen LogP contribution in [-0.2, 0) is 4.79 Å². The number of aromatic nitrogens is 2. The molecule has 4 N–H and O–H groups in total. The molecule has 0 unspecified atom stereocenters. The van der Waals surface area contributed by atoms with Crippen LogP contribution < -0.4 is 16.4 Å². The molecule has 0 saturated heterocycles. The average molecular weight is 279 g/mol. The van der Waals surface area contributed by atoms with Crippen molar-refractivity contribution in [2.24, 2.45) is 0 Å². The Kier molecular flexibility index (Phi) is 5.89. The fourth-order valence-electron chi connectivity index (χ4n) is 1.44. The lowest BCUT2D eigenvalue weighted by Crippen LogP contribution is -2.37. The number of nitrogens with zero attached hydrogens (tertiary/aromatic N) is 2. The molecule has 0 fully saturated rings. The first-order valence-corrected chi connectivity index (χ1v) is 6.63. The molecular formula is C13H21N5O2. The van der Waals surface area contributed by atoms with Crippen molar-refractivity contribution in [3.05, 3.63) is 17.7 Å². The molecule has 20 heavy (non-hydrogen) atoms. The topological polar surface area (TPSA) is 110 Å². The molecule has 1 rings (SSSR count). The van der Waals surface area contributed by atoms with Crippen LogP contribution >= 0.6 is 0 Å². The molecule has 110 valence electrons. The van der Waals surface area contributed by atoms with Gasteiger partial charge in [-0.25, -0.2) is 9.97 Å². The van der Waals surface area contributed by atoms with Crippen molar-refractivity contribution in [1.29, 1.82) is 0 Å². The van der Waals surface area contributed by atoms with Crippen LogP contribution in [0, 0.1) is 0 Å². The van der Waals surface area contributed by atoms with Crippen molar-refractivity contribution in [1.82, 2.24) is 20.6 Å². The van der Waals surface area contributed by atoms with E-state index in [2.05, 4.69) is 20.6 Å². The van der Waals surface area contributed by atoms with E-state index in [1.807, 2.05) is 20.8 Å². The monoisotopic (exact) mass is 279 g/mol. The van der Waals surface area contributed by atoms with E-state index >= 15 is 0 Å². The predicted octanol–water partition coefficient (Wildman–Crippen LogP) is 0.438. The van der Waals surface area contributed by atoms with Gasteiger partial charge in [0.2, 0.25) is 5.91 Å². The van der Waals surface area contributed by atoms with Crippen LogP contribution in [0.15, 0.2) is 6.20 Å². The Labute approximate surface area is 118 Å². The summed E-state index contributed by atoms with van der Waals surface area (Å²) in [6.45, 7) is 6.28. The maximum absolute atomic E-state index is 12.0. The minimum absolute atomic E-state index is 0.0926. The number of carbonyl (C=O) groups is 2. The van der Waals surface area contributed by atoms with Crippen molar-refractivity contribution in [2.75, 3.05) is 18.8 Å². The Bertz CT molecular complexity index is 488. The maximum atomic E-state index is 12.0. The van der Waals surface area contributed by atoms with Crippen LogP contribution in [0.3, 0.4) is 0 Å². The molecule has 0 aliphatic heterocycles. The molecule has 2 amide bonds. The third kappa shape index (κ3) is 4.49. The minimum atomic E-state index is -0.474. The van der Waals surface area contributed by atoms with Crippen molar-refractivity contribution in [3.63, 3.8) is 0 Å². The van der Waals surface area contributed by atoms with E-state index in [0.717, 1.165) is 6.42 Å². The fraction of sp³-hybridized carbons (Fsp3) is 0.538. The van der Waals surface area contributed by atoms with Gasteiger partial charge in [-0.15, -0.1) is 0 Å². The van der Waals surface area contributed by atoms with Crippen LogP contribution in [0.4, 0.5) is 5.69 Å². The van der Waals surface area contributed by atoms with Crippen LogP contribution in [0.25, 0.3) is 0 Å². The van der Waals surface area contributed by atoms with E-state index in [-0.39, 0.29) is 29.8 Å². The SMILES string of the molecule is CCCNC(=O)CNC(=O)c1nc(C(C)C)ncc1N. The van der Waals surface area contributed by atoms with Gasteiger partial charge in [0.25, 0.3) is 5.91 Å². The molecule has 1 aromatic rings. The quantitative estimate of drug-likeness (QED) is 0.700. The number of hydrogen-bond acceptors (Lipinski definition) is 5. The highest BCUT2D eigenvalue weighted by atomic mass is 16.2. The smallest absolute Gasteiger partial charge is 0.272 e. The molecule has 0 radical (unpaired) electrons. The summed E-state index contributed by atoms with van der Waals surface area (Å²) in [6.07, 6.45) is 2.25. The summed E-state index contributed by atoms with van der Waals surface area (Å²) >= 11 is 0. The number of carbonyl (C=O) groups excluding carboxylic acids is 2. The summed E-state index contributed by atoms with van der Waals surface area (Å²) in [5.41, 5.74) is 5.99. The fourth-order valence-corrected chi connectivity index (χ4v) is 1.44. The molecule has 0 saturated carbocycles. The van der Waals surface area contributed by atoms with Gasteiger partial charge in [-0.2, -0.15) is 0 Å². The van der Waals surface area contributed by atoms with Gasteiger partial charge in [0.1, 0.15) is 5.82 Å². The number of rotatable bonds is 6. The summed E-state index contributed by atoms with van der Waals surface area (Å²) < 4.78 is 0. The molecular weight excluding hydrogens is 258 g/mol. The Morgan fingerprint density at radius 1 is 1.35 bits per heavy atom. The lowest BCUT2D eigenvalue weighted by molar-refractivity contribution is -0.120. The van der Waals surface area contributed by atoms with E-state index in [1.165, 1.54) is 6.20 Å². The summed E-state index contributed by atoms with van der Waals surface area (Å²) in [7, 11) is 0. The number of hydrogen-bond donors (Lipinski definition) is 3. The number of nitrogens with one attached hydrogen (secondary N) is 2. The van der Waals surface area contributed by atoms with Gasteiger partial charge in [0, 0.05) is 12.5 Å². The number of anilines is 1. The van der Waals surface area contributed by atoms with Crippen LogP contribution in [0.5, 0.6) is 0 Å². The first kappa shape index (κ1) is 15.9. The van der Waals surface area contributed by atoms with Crippen LogP contribution in [0.2, 0.25) is 0 Å². The lowest BCUT2D eigenvalue weighted by Gasteiger charge is -2.09. The molecule has 7 heteroatoms. The van der Waals surface area contributed by atoms with Crippen molar-refractivity contribution < 1.29 is 9.59 Å². The normalized spacial score (nSPS) is 10.4. The third-order valence-corrected chi connectivity index (χ3v) is 2.55. The largest absolute Gasteiger partial charge is 0.396 e. The summed E-state index contributed by atoms with van der Waals surface area (Å²) in [5.74, 6) is -0.0786. The second-order valence-electron chi connectivity index (χ2n) is 4.72. The highest BCUT2D eigenvalue weighted by Gasteiger charge is 2.15. The van der Waals surface area contributed by atoms with Crippen molar-refractivity contribution >= 4 is 17.5 Å². The van der Waals surface area contributed by atoms with Crippen LogP contribution in [-0.4, -0.2) is 34.9 Å². The van der Waals surface area contributed by atoms with Gasteiger partial charge in [0.15, 0.2) is 5.69 Å². The molecule has 0 spiro atoms. The summed E-state index contributed by atoms with van der Waals surface area (Å²) in [4.78, 5) is 31.6. The van der Waals surface area contributed by atoms with Gasteiger partial charge in [0.05, 0.1) is 18.4 Å². The molecule has 0 aliphatic rings. The zero-order chi connectivity index (χ0) is 15.1. The van der Waals surface area contributed by atoms with Gasteiger partial charge in [-0.1, -0.05) is 20.8 Å². The Morgan fingerprint density at radius 2 is 2.05 bits per heavy atom. The van der Waals surface area contributed by atoms with Crippen molar-refractivity contribution in [3.8, 4) is 0 Å². The van der Waals surface area contributed by atoms with E-state index in [4.69, 9.17) is 5.73 Å². The Hall–Kier alpha value is -2.18. The molecule has 0 atom stereocenters. The zero-order valence-electron chi connectivity index (χ0n) is 12.1. The first-order chi connectivity index (χ1) is 9.45. The molecule has 0 aromatic carbocycles. The number of nitrogen functional groups attached to an aromatic ring is 1. The van der Waals surface area contributed by atoms with Crippen LogP contribution in [0.1, 0.15) is 49.4 Å². The second kappa shape index (κ2) is 7.42. The van der Waals surface area contributed by atoms with Gasteiger partial charge in [-0.3, -0.25) is 9.59 Å². The first-order valence-electron chi connectivity index (χ1n) is 6.63. The highest BCUT2D eigenvalue weighted by Crippen LogP contribution is 2.13. The number of amides is 2. The van der Waals surface area contributed by atoms with E-state index in [0.29, 0.717) is 12.4 Å². The van der Waals surface area contributed by atoms with Gasteiger partial charge in [-0.05, 0) is 6.42 Å². The predicted molar refractivity (Wildman–Crippen MR) is 76.2 cm³/mol. The molecule has 1 heterocycles. The summed E-state index contributed by atoms with van der Waals surface area (Å²) in [6, 6.07) is 0. The number of nitrogens with two attached hydrogens (primary N) is 1. The summed E-state index contributed by atoms with van der Waals surface area (Å²) in [5, 5.41) is 5.16. The average Bonchev–Trinajstić information content (AvgIpc) is 2.42. The molecule has 7 nitrogen and oxygen atoms in total. The second-order valence-corrected chi connectivity index (χ2v) is 4.72. The van der Waals surface area contributed by atoms with E-state index < -0.39 is 5.91 Å². The Morgan fingerprint density at radius 3 is 2.65 bits per heavy atom. The molecule has 1 aromatic heterocycles. The van der Waals surface area contributed by atoms with Gasteiger partial charge >= 0.3 is 0 Å². The zero-order valence-corrected chi connectivity index (χ0v) is 12.1. The third-order valence-electron chi connectivity index (χ3n) is 2.55. The molecule has 0 aliphatic carbocycles.